The van der Waals surface area contributed by atoms with Gasteiger partial charge < -0.3 is 19.3 Å². The first-order valence-electron chi connectivity index (χ1n) is 8.37. The molecule has 26 heavy (non-hydrogen) atoms. The summed E-state index contributed by atoms with van der Waals surface area (Å²) in [5.41, 5.74) is 0.610. The highest BCUT2D eigenvalue weighted by Crippen LogP contribution is 2.29. The van der Waals surface area contributed by atoms with Gasteiger partial charge in [-0.25, -0.2) is 0 Å². The molecule has 2 heterocycles. The number of nitrogens with zero attached hydrogens (tertiary/aromatic N) is 1. The number of aromatic nitrogens is 1. The molecule has 0 spiro atoms. The lowest BCUT2D eigenvalue weighted by Gasteiger charge is -2.13. The fourth-order valence-corrected chi connectivity index (χ4v) is 2.57. The maximum atomic E-state index is 14.2. The molecule has 8 heteroatoms. The third-order valence-electron chi connectivity index (χ3n) is 4.07. The minimum atomic E-state index is -3.38. The zero-order valence-corrected chi connectivity index (χ0v) is 14.1. The SMILES string of the molecule is O=C(NCC1CCOC1)c1cc(C(F)(F)COCc2ccccc2)on1. The lowest BCUT2D eigenvalue weighted by Crippen LogP contribution is -2.29. The van der Waals surface area contributed by atoms with Gasteiger partial charge in [0.2, 0.25) is 5.76 Å². The molecule has 2 aromatic rings. The van der Waals surface area contributed by atoms with Crippen molar-refractivity contribution in [2.24, 2.45) is 5.92 Å². The lowest BCUT2D eigenvalue weighted by atomic mass is 10.1. The van der Waals surface area contributed by atoms with Crippen LogP contribution >= 0.6 is 0 Å². The van der Waals surface area contributed by atoms with E-state index in [-0.39, 0.29) is 18.2 Å². The summed E-state index contributed by atoms with van der Waals surface area (Å²) < 4.78 is 43.3. The molecular formula is C18H20F2N2O4. The Kier molecular flexibility index (Phi) is 5.95. The van der Waals surface area contributed by atoms with Crippen LogP contribution in [-0.4, -0.2) is 37.4 Å². The Bertz CT molecular complexity index is 715. The van der Waals surface area contributed by atoms with Crippen LogP contribution in [0, 0.1) is 5.92 Å². The predicted octanol–water partition coefficient (Wildman–Crippen LogP) is 2.75. The van der Waals surface area contributed by atoms with E-state index < -0.39 is 24.2 Å². The molecule has 1 amide bonds. The van der Waals surface area contributed by atoms with Gasteiger partial charge in [-0.05, 0) is 12.0 Å². The lowest BCUT2D eigenvalue weighted by molar-refractivity contribution is -0.103. The van der Waals surface area contributed by atoms with E-state index in [1.54, 1.807) is 24.3 Å². The summed E-state index contributed by atoms with van der Waals surface area (Å²) in [4.78, 5) is 12.0. The molecule has 0 saturated carbocycles. The van der Waals surface area contributed by atoms with Crippen LogP contribution < -0.4 is 5.32 Å². The number of halogens is 2. The molecule has 1 N–H and O–H groups in total. The summed E-state index contributed by atoms with van der Waals surface area (Å²) >= 11 is 0. The Balaban J connectivity index is 1.50. The number of rotatable bonds is 8. The zero-order chi connectivity index (χ0) is 18.4. The summed E-state index contributed by atoms with van der Waals surface area (Å²) in [5, 5.41) is 6.09. The fourth-order valence-electron chi connectivity index (χ4n) is 2.57. The summed E-state index contributed by atoms with van der Waals surface area (Å²) in [6, 6.07) is 9.95. The molecule has 1 saturated heterocycles. The van der Waals surface area contributed by atoms with Crippen LogP contribution in [0.3, 0.4) is 0 Å². The van der Waals surface area contributed by atoms with Crippen molar-refractivity contribution in [1.82, 2.24) is 10.5 Å². The van der Waals surface area contributed by atoms with Gasteiger partial charge >= 0.3 is 5.92 Å². The third kappa shape index (κ3) is 4.86. The fraction of sp³-hybridized carbons (Fsp3) is 0.444. The highest BCUT2D eigenvalue weighted by atomic mass is 19.3. The van der Waals surface area contributed by atoms with E-state index in [1.165, 1.54) is 0 Å². The van der Waals surface area contributed by atoms with Crippen molar-refractivity contribution < 1.29 is 27.6 Å². The summed E-state index contributed by atoms with van der Waals surface area (Å²) in [5.74, 6) is -4.38. The standard InChI is InChI=1S/C18H20F2N2O4/c19-18(20,12-25-10-13-4-2-1-3-5-13)16-8-15(22-26-16)17(23)21-9-14-6-7-24-11-14/h1-5,8,14H,6-7,9-12H2,(H,21,23). The van der Waals surface area contributed by atoms with Crippen molar-refractivity contribution in [3.8, 4) is 0 Å². The molecule has 6 nitrogen and oxygen atoms in total. The molecule has 140 valence electrons. The Morgan fingerprint density at radius 1 is 1.35 bits per heavy atom. The number of ether oxygens (including phenoxy) is 2. The van der Waals surface area contributed by atoms with Crippen LogP contribution in [0.4, 0.5) is 8.78 Å². The van der Waals surface area contributed by atoms with Crippen molar-refractivity contribution in [1.29, 1.82) is 0 Å². The van der Waals surface area contributed by atoms with E-state index in [0.29, 0.717) is 19.8 Å². The van der Waals surface area contributed by atoms with Crippen LogP contribution in [0.2, 0.25) is 0 Å². The average Bonchev–Trinajstić information content (AvgIpc) is 3.32. The molecule has 1 unspecified atom stereocenters. The second-order valence-electron chi connectivity index (χ2n) is 6.20. The first-order valence-corrected chi connectivity index (χ1v) is 8.37. The Labute approximate surface area is 149 Å². The van der Waals surface area contributed by atoms with E-state index in [9.17, 15) is 13.6 Å². The molecule has 1 aromatic carbocycles. The van der Waals surface area contributed by atoms with E-state index >= 15 is 0 Å². The summed E-state index contributed by atoms with van der Waals surface area (Å²) in [6.45, 7) is 0.863. The van der Waals surface area contributed by atoms with Gasteiger partial charge in [0.25, 0.3) is 5.91 Å². The maximum absolute atomic E-state index is 14.2. The van der Waals surface area contributed by atoms with Crippen molar-refractivity contribution in [3.05, 3.63) is 53.4 Å². The molecule has 0 aliphatic carbocycles. The van der Waals surface area contributed by atoms with Gasteiger partial charge in [-0.2, -0.15) is 8.78 Å². The third-order valence-corrected chi connectivity index (χ3v) is 4.07. The van der Waals surface area contributed by atoms with Crippen LogP contribution in [0.25, 0.3) is 0 Å². The highest BCUT2D eigenvalue weighted by Gasteiger charge is 2.37. The largest absolute Gasteiger partial charge is 0.381 e. The molecule has 3 rings (SSSR count). The van der Waals surface area contributed by atoms with Gasteiger partial charge in [-0.1, -0.05) is 35.5 Å². The Hall–Kier alpha value is -2.32. The van der Waals surface area contributed by atoms with Crippen molar-refractivity contribution in [2.45, 2.75) is 19.0 Å². The van der Waals surface area contributed by atoms with E-state index in [4.69, 9.17) is 9.47 Å². The average molecular weight is 366 g/mol. The number of nitrogens with one attached hydrogen (secondary N) is 1. The van der Waals surface area contributed by atoms with Gasteiger partial charge in [-0.15, -0.1) is 0 Å². The molecule has 0 bridgehead atoms. The predicted molar refractivity (Wildman–Crippen MR) is 87.8 cm³/mol. The number of carbonyl (C=O) groups excluding carboxylic acids is 1. The second-order valence-corrected chi connectivity index (χ2v) is 6.20. The van der Waals surface area contributed by atoms with Gasteiger partial charge in [-0.3, -0.25) is 4.79 Å². The normalized spacial score (nSPS) is 17.4. The van der Waals surface area contributed by atoms with Gasteiger partial charge in [0, 0.05) is 25.1 Å². The number of benzene rings is 1. The van der Waals surface area contributed by atoms with E-state index in [1.807, 2.05) is 6.07 Å². The van der Waals surface area contributed by atoms with Crippen LogP contribution in [0.1, 0.15) is 28.2 Å². The van der Waals surface area contributed by atoms with E-state index in [2.05, 4.69) is 15.0 Å². The maximum Gasteiger partial charge on any atom is 0.330 e. The van der Waals surface area contributed by atoms with Gasteiger partial charge in [0.1, 0.15) is 6.61 Å². The smallest absolute Gasteiger partial charge is 0.330 e. The molecule has 1 aliphatic heterocycles. The molecule has 0 radical (unpaired) electrons. The number of amides is 1. The summed E-state index contributed by atoms with van der Waals surface area (Å²) in [6.07, 6.45) is 0.862. The minimum Gasteiger partial charge on any atom is -0.381 e. The number of carbonyl (C=O) groups is 1. The second kappa shape index (κ2) is 8.37. The topological polar surface area (TPSA) is 73.6 Å². The first-order chi connectivity index (χ1) is 12.5. The molecule has 1 atom stereocenters. The number of alkyl halides is 2. The van der Waals surface area contributed by atoms with Crippen molar-refractivity contribution >= 4 is 5.91 Å². The van der Waals surface area contributed by atoms with Crippen LogP contribution in [0.15, 0.2) is 40.9 Å². The molecular weight excluding hydrogens is 346 g/mol. The molecule has 1 aromatic heterocycles. The van der Waals surface area contributed by atoms with Crippen LogP contribution in [-0.2, 0) is 22.0 Å². The molecule has 1 aliphatic rings. The highest BCUT2D eigenvalue weighted by molar-refractivity contribution is 5.92. The van der Waals surface area contributed by atoms with Crippen LogP contribution in [0.5, 0.6) is 0 Å². The Morgan fingerprint density at radius 3 is 2.88 bits per heavy atom. The van der Waals surface area contributed by atoms with Crippen molar-refractivity contribution in [2.75, 3.05) is 26.4 Å². The minimum absolute atomic E-state index is 0.0569. The van der Waals surface area contributed by atoms with E-state index in [0.717, 1.165) is 18.1 Å². The monoisotopic (exact) mass is 366 g/mol. The van der Waals surface area contributed by atoms with Crippen molar-refractivity contribution in [3.63, 3.8) is 0 Å². The molecule has 1 fully saturated rings. The number of hydrogen-bond acceptors (Lipinski definition) is 5. The Morgan fingerprint density at radius 2 is 2.15 bits per heavy atom. The number of hydrogen-bond donors (Lipinski definition) is 1. The van der Waals surface area contributed by atoms with Gasteiger partial charge in [0.05, 0.1) is 13.2 Å². The van der Waals surface area contributed by atoms with Gasteiger partial charge in [0.15, 0.2) is 5.69 Å². The first kappa shape index (κ1) is 18.5. The zero-order valence-electron chi connectivity index (χ0n) is 14.1. The summed E-state index contributed by atoms with van der Waals surface area (Å²) in [7, 11) is 0. The quantitative estimate of drug-likeness (QED) is 0.778.